The second kappa shape index (κ2) is 6.49. The first-order valence-electron chi connectivity index (χ1n) is 7.58. The summed E-state index contributed by atoms with van der Waals surface area (Å²) in [5, 5.41) is 1.29. The molecular weight excluding hydrogens is 330 g/mol. The highest BCUT2D eigenvalue weighted by Gasteiger charge is 2.24. The molecule has 7 heteroatoms. The molecule has 2 N–H and O–H groups in total. The van der Waals surface area contributed by atoms with E-state index in [2.05, 4.69) is 18.5 Å². The van der Waals surface area contributed by atoms with Crippen LogP contribution in [0.25, 0.3) is 10.2 Å². The van der Waals surface area contributed by atoms with E-state index in [-0.39, 0.29) is 11.3 Å². The quantitative estimate of drug-likeness (QED) is 0.510. The molecule has 3 rings (SSSR count). The fourth-order valence-corrected chi connectivity index (χ4v) is 5.11. The number of carbonyl (C=O) groups excluding carboxylic acids is 1. The molecule has 0 fully saturated rings. The summed E-state index contributed by atoms with van der Waals surface area (Å²) >= 11 is 2.82. The maximum atomic E-state index is 13.0. The number of aryl methyl sites for hydroxylation is 1. The van der Waals surface area contributed by atoms with Gasteiger partial charge < -0.3 is 5.73 Å². The molecule has 1 atom stereocenters. The minimum atomic E-state index is -0.422. The summed E-state index contributed by atoms with van der Waals surface area (Å²) in [6.07, 6.45) is 4.73. The van der Waals surface area contributed by atoms with E-state index in [0.717, 1.165) is 29.5 Å². The largest absolute Gasteiger partial charge is 0.369 e. The number of fused-ring (bicyclic) bond motifs is 3. The van der Waals surface area contributed by atoms with Crippen LogP contribution in [-0.2, 0) is 24.2 Å². The smallest absolute Gasteiger partial charge is 0.263 e. The molecule has 0 radical (unpaired) electrons. The van der Waals surface area contributed by atoms with Gasteiger partial charge in [0, 0.05) is 11.4 Å². The number of nitrogens with two attached hydrogens (primary N) is 1. The zero-order valence-electron chi connectivity index (χ0n) is 13.0. The van der Waals surface area contributed by atoms with Crippen molar-refractivity contribution in [2.45, 2.75) is 37.9 Å². The molecule has 1 aliphatic carbocycles. The van der Waals surface area contributed by atoms with Gasteiger partial charge in [-0.2, -0.15) is 0 Å². The van der Waals surface area contributed by atoms with Crippen LogP contribution in [-0.4, -0.2) is 21.2 Å². The van der Waals surface area contributed by atoms with Crippen LogP contribution in [0.15, 0.2) is 22.6 Å². The highest BCUT2D eigenvalue weighted by molar-refractivity contribution is 7.99. The molecule has 0 spiro atoms. The van der Waals surface area contributed by atoms with Gasteiger partial charge in [-0.3, -0.25) is 14.2 Å². The van der Waals surface area contributed by atoms with Crippen LogP contribution in [0.2, 0.25) is 0 Å². The number of carbonyl (C=O) groups is 1. The van der Waals surface area contributed by atoms with Crippen LogP contribution in [0.4, 0.5) is 0 Å². The Morgan fingerprint density at radius 3 is 3.09 bits per heavy atom. The average molecular weight is 349 g/mol. The van der Waals surface area contributed by atoms with E-state index in [4.69, 9.17) is 5.73 Å². The van der Waals surface area contributed by atoms with Crippen LogP contribution in [0, 0.1) is 5.92 Å². The molecule has 0 unspecified atom stereocenters. The van der Waals surface area contributed by atoms with Gasteiger partial charge in [0.15, 0.2) is 5.16 Å². The number of thiophene rings is 1. The minimum Gasteiger partial charge on any atom is -0.369 e. The SMILES string of the molecule is C=CCn1c(SCC(N)=O)nc2sc3c(c2c1=O)CC[C@@H](C)C3. The lowest BCUT2D eigenvalue weighted by atomic mass is 9.89. The van der Waals surface area contributed by atoms with Crippen molar-refractivity contribution < 1.29 is 4.79 Å². The maximum absolute atomic E-state index is 13.0. The molecule has 0 bridgehead atoms. The first-order valence-corrected chi connectivity index (χ1v) is 9.38. The summed E-state index contributed by atoms with van der Waals surface area (Å²) in [6.45, 7) is 6.33. The van der Waals surface area contributed by atoms with Gasteiger partial charge in [-0.05, 0) is 30.7 Å². The molecule has 122 valence electrons. The third kappa shape index (κ3) is 3.07. The number of allylic oxidation sites excluding steroid dienone is 1. The van der Waals surface area contributed by atoms with E-state index < -0.39 is 5.91 Å². The molecule has 2 heterocycles. The average Bonchev–Trinajstić information content (AvgIpc) is 2.85. The number of primary amides is 1. The van der Waals surface area contributed by atoms with Gasteiger partial charge in [0.05, 0.1) is 11.1 Å². The van der Waals surface area contributed by atoms with Crippen molar-refractivity contribution in [2.24, 2.45) is 11.7 Å². The van der Waals surface area contributed by atoms with Gasteiger partial charge >= 0.3 is 0 Å². The van der Waals surface area contributed by atoms with E-state index in [9.17, 15) is 9.59 Å². The molecule has 0 aromatic carbocycles. The van der Waals surface area contributed by atoms with Gasteiger partial charge in [-0.25, -0.2) is 4.98 Å². The second-order valence-corrected chi connectivity index (χ2v) is 7.91. The van der Waals surface area contributed by atoms with Crippen molar-refractivity contribution in [1.29, 1.82) is 0 Å². The Balaban J connectivity index is 2.17. The summed E-state index contributed by atoms with van der Waals surface area (Å²) in [6, 6.07) is 0. The number of thioether (sulfide) groups is 1. The summed E-state index contributed by atoms with van der Waals surface area (Å²) < 4.78 is 1.59. The zero-order chi connectivity index (χ0) is 16.6. The van der Waals surface area contributed by atoms with Gasteiger partial charge in [-0.1, -0.05) is 24.8 Å². The number of amides is 1. The number of rotatable bonds is 5. The Morgan fingerprint density at radius 2 is 2.39 bits per heavy atom. The predicted octanol–water partition coefficient (Wildman–Crippen LogP) is 2.35. The lowest BCUT2D eigenvalue weighted by Crippen LogP contribution is -2.24. The summed E-state index contributed by atoms with van der Waals surface area (Å²) in [5.41, 5.74) is 6.36. The molecular formula is C16H19N3O2S2. The van der Waals surface area contributed by atoms with Crippen LogP contribution in [0.3, 0.4) is 0 Å². The third-order valence-corrected chi connectivity index (χ3v) is 6.18. The highest BCUT2D eigenvalue weighted by Crippen LogP contribution is 2.36. The zero-order valence-corrected chi connectivity index (χ0v) is 14.6. The molecule has 5 nitrogen and oxygen atoms in total. The molecule has 1 aliphatic rings. The third-order valence-electron chi connectivity index (χ3n) is 4.04. The van der Waals surface area contributed by atoms with Crippen molar-refractivity contribution in [2.75, 3.05) is 5.75 Å². The Morgan fingerprint density at radius 1 is 1.61 bits per heavy atom. The van der Waals surface area contributed by atoms with Crippen molar-refractivity contribution in [3.05, 3.63) is 33.4 Å². The lowest BCUT2D eigenvalue weighted by molar-refractivity contribution is -0.115. The predicted molar refractivity (Wildman–Crippen MR) is 95.2 cm³/mol. The molecule has 1 amide bonds. The molecule has 0 saturated carbocycles. The highest BCUT2D eigenvalue weighted by atomic mass is 32.2. The summed E-state index contributed by atoms with van der Waals surface area (Å²) in [7, 11) is 0. The summed E-state index contributed by atoms with van der Waals surface area (Å²) in [4.78, 5) is 30.7. The Labute approximate surface area is 142 Å². The van der Waals surface area contributed by atoms with Crippen LogP contribution >= 0.6 is 23.1 Å². The Bertz CT molecular complexity index is 838. The molecule has 0 saturated heterocycles. The van der Waals surface area contributed by atoms with Crippen molar-refractivity contribution in [3.63, 3.8) is 0 Å². The lowest BCUT2D eigenvalue weighted by Gasteiger charge is -2.17. The molecule has 23 heavy (non-hydrogen) atoms. The first-order chi connectivity index (χ1) is 11.0. The fraction of sp³-hybridized carbons (Fsp3) is 0.438. The van der Waals surface area contributed by atoms with Crippen molar-refractivity contribution in [1.82, 2.24) is 9.55 Å². The Kier molecular flexibility index (Phi) is 4.59. The molecule has 2 aromatic heterocycles. The van der Waals surface area contributed by atoms with E-state index in [1.54, 1.807) is 22.0 Å². The van der Waals surface area contributed by atoms with Gasteiger partial charge in [-0.15, -0.1) is 17.9 Å². The van der Waals surface area contributed by atoms with E-state index in [0.29, 0.717) is 17.6 Å². The van der Waals surface area contributed by atoms with Crippen LogP contribution in [0.1, 0.15) is 23.8 Å². The van der Waals surface area contributed by atoms with Crippen molar-refractivity contribution in [3.8, 4) is 0 Å². The minimum absolute atomic E-state index is 0.0334. The van der Waals surface area contributed by atoms with Crippen molar-refractivity contribution >= 4 is 39.2 Å². The van der Waals surface area contributed by atoms with Gasteiger partial charge in [0.2, 0.25) is 5.91 Å². The van der Waals surface area contributed by atoms with E-state index in [1.807, 2.05) is 0 Å². The number of nitrogens with zero attached hydrogens (tertiary/aromatic N) is 2. The Hall–Kier alpha value is -1.60. The number of hydrogen-bond donors (Lipinski definition) is 1. The van der Waals surface area contributed by atoms with E-state index in [1.165, 1.54) is 22.2 Å². The summed E-state index contributed by atoms with van der Waals surface area (Å²) in [5.74, 6) is 0.334. The van der Waals surface area contributed by atoms with Crippen LogP contribution in [0.5, 0.6) is 0 Å². The topological polar surface area (TPSA) is 78.0 Å². The first kappa shape index (κ1) is 16.3. The normalized spacial score (nSPS) is 17.2. The standard InChI is InChI=1S/C16H19N3O2S2/c1-3-6-19-15(21)13-10-5-4-9(2)7-11(10)23-14(13)18-16(19)22-8-12(17)20/h3,9H,1,4-8H2,2H3,(H2,17,20)/t9-/m1/s1. The van der Waals surface area contributed by atoms with Crippen LogP contribution < -0.4 is 11.3 Å². The maximum Gasteiger partial charge on any atom is 0.263 e. The van der Waals surface area contributed by atoms with E-state index >= 15 is 0 Å². The van der Waals surface area contributed by atoms with Gasteiger partial charge in [0.25, 0.3) is 5.56 Å². The monoisotopic (exact) mass is 349 g/mol. The molecule has 0 aliphatic heterocycles. The number of hydrogen-bond acceptors (Lipinski definition) is 5. The fourth-order valence-electron chi connectivity index (χ4n) is 2.94. The molecule has 2 aromatic rings. The second-order valence-electron chi connectivity index (χ2n) is 5.89. The number of aromatic nitrogens is 2. The van der Waals surface area contributed by atoms with Gasteiger partial charge in [0.1, 0.15) is 4.83 Å².